The molecule has 0 aliphatic carbocycles. The van der Waals surface area contributed by atoms with Crippen molar-refractivity contribution in [1.82, 2.24) is 0 Å². The Labute approximate surface area is 415 Å². The van der Waals surface area contributed by atoms with E-state index in [-0.39, 0.29) is 44.5 Å². The number of aliphatic hydroxyl groups is 1. The Hall–Kier alpha value is -5.52. The van der Waals surface area contributed by atoms with Crippen molar-refractivity contribution in [3.8, 4) is 22.6 Å². The van der Waals surface area contributed by atoms with Gasteiger partial charge in [-0.3, -0.25) is 0 Å². The second kappa shape index (κ2) is 21.3. The highest BCUT2D eigenvalue weighted by molar-refractivity contribution is 5.74. The molecule has 0 amide bonds. The van der Waals surface area contributed by atoms with Gasteiger partial charge < -0.3 is 62.3 Å². The van der Waals surface area contributed by atoms with Crippen LogP contribution in [0.1, 0.15) is 61.6 Å². The molecule has 71 heavy (non-hydrogen) atoms. The Balaban J connectivity index is 1.09. The average molecular weight is 967 g/mol. The lowest BCUT2D eigenvalue weighted by atomic mass is 9.88. The smallest absolute Gasteiger partial charge is 0.268 e. The van der Waals surface area contributed by atoms with Gasteiger partial charge in [0, 0.05) is 11.1 Å². The van der Waals surface area contributed by atoms with Crippen molar-refractivity contribution < 1.29 is 62.3 Å². The van der Waals surface area contributed by atoms with E-state index in [2.05, 4.69) is 0 Å². The maximum Gasteiger partial charge on any atom is 0.268 e. The van der Waals surface area contributed by atoms with Crippen molar-refractivity contribution >= 4 is 0 Å². The van der Waals surface area contributed by atoms with Crippen LogP contribution in [0.15, 0.2) is 164 Å². The third-order valence-electron chi connectivity index (χ3n) is 13.2. The van der Waals surface area contributed by atoms with Gasteiger partial charge in [0.15, 0.2) is 30.1 Å². The highest BCUT2D eigenvalue weighted by atomic mass is 16.9. The van der Waals surface area contributed by atoms with Gasteiger partial charge in [-0.25, -0.2) is 0 Å². The zero-order chi connectivity index (χ0) is 49.0. The van der Waals surface area contributed by atoms with E-state index in [1.54, 1.807) is 39.8 Å². The number of rotatable bonds is 18. The topological polar surface area (TPSA) is 142 Å². The van der Waals surface area contributed by atoms with Gasteiger partial charge in [-0.05, 0) is 67.6 Å². The summed E-state index contributed by atoms with van der Waals surface area (Å²) in [5, 5.41) is 25.8. The van der Waals surface area contributed by atoms with Crippen LogP contribution in [0.25, 0.3) is 11.1 Å². The summed E-state index contributed by atoms with van der Waals surface area (Å²) in [6.45, 7) is 8.25. The lowest BCUT2D eigenvalue weighted by Crippen LogP contribution is -2.58. The number of aromatic hydroxyl groups is 1. The number of benzene rings is 6. The zero-order valence-corrected chi connectivity index (χ0v) is 40.4. The van der Waals surface area contributed by atoms with Crippen molar-refractivity contribution in [2.45, 2.75) is 127 Å². The minimum atomic E-state index is -2.18. The second-order valence-electron chi connectivity index (χ2n) is 19.4. The van der Waals surface area contributed by atoms with E-state index in [0.717, 1.165) is 22.3 Å². The van der Waals surface area contributed by atoms with Gasteiger partial charge in [-0.1, -0.05) is 152 Å². The van der Waals surface area contributed by atoms with Crippen LogP contribution in [0, 0.1) is 0 Å². The third kappa shape index (κ3) is 11.3. The largest absolute Gasteiger partial charge is 0.507 e. The number of phenols is 1. The van der Waals surface area contributed by atoms with Crippen molar-refractivity contribution in [3.05, 3.63) is 192 Å². The molecule has 13 nitrogen and oxygen atoms in total. The van der Waals surface area contributed by atoms with Crippen LogP contribution in [0.5, 0.6) is 11.5 Å². The van der Waals surface area contributed by atoms with Crippen molar-refractivity contribution in [2.75, 3.05) is 13.2 Å². The maximum atomic E-state index is 13.0. The molecule has 6 aromatic rings. The molecule has 372 valence electrons. The van der Waals surface area contributed by atoms with Crippen LogP contribution < -0.4 is 4.74 Å². The summed E-state index contributed by atoms with van der Waals surface area (Å²) >= 11 is 0. The first-order chi connectivity index (χ1) is 34.4. The molecule has 0 saturated carbocycles. The van der Waals surface area contributed by atoms with Crippen LogP contribution in [-0.4, -0.2) is 89.8 Å². The maximum absolute atomic E-state index is 13.0. The fourth-order valence-corrected chi connectivity index (χ4v) is 9.82. The van der Waals surface area contributed by atoms with Gasteiger partial charge in [0.2, 0.25) is 0 Å². The summed E-state index contributed by atoms with van der Waals surface area (Å²) in [5.41, 5.74) is 5.21. The first kappa shape index (κ1) is 49.1. The van der Waals surface area contributed by atoms with E-state index in [4.69, 9.17) is 52.1 Å². The molecule has 4 fully saturated rings. The number of hydrogen-bond donors (Lipinski definition) is 2. The molecule has 0 aromatic heterocycles. The van der Waals surface area contributed by atoms with Gasteiger partial charge in [0.05, 0.1) is 39.6 Å². The SMILES string of the molecule is CC1(C)OC[C@H]([C@H]2O[C@@H]3OC(C)(C)O[C@@H]3[C@]2(O)Oc2cc(-c3ccccc3)c(O)c([C@@H]3O[C@H](COCc4ccccc4)[C@@H](OCc4ccccc4)[C@H](OCc4ccccc4)[C@H]3OCc3ccccc3)c2)O1. The molecule has 4 aliphatic rings. The molecule has 13 heteroatoms. The number of fused-ring (bicyclic) bond motifs is 1. The molecule has 0 bridgehead atoms. The Bertz CT molecular complexity index is 2640. The first-order valence-electron chi connectivity index (χ1n) is 24.3. The standard InChI is InChI=1S/C58H62O13/c1-56(2)65-37-47(69-56)53-58(60,54-55(67-53)71-57(3,4)70-54)68-43-30-44(42-28-18-9-19-29-42)48(59)45(31-43)49-51(63-34-40-24-14-7-15-25-40)52(64-35-41-26-16-8-17-27-41)50(62-33-39-22-12-6-13-23-39)46(66-49)36-61-32-38-20-10-5-11-21-38/h5-31,46-47,49-55,59-60H,32-37H2,1-4H3/t46-,47-,49+,50-,51+,52+,53-,54+,55-,58-/m1/s1. The first-order valence-corrected chi connectivity index (χ1v) is 24.3. The highest BCUT2D eigenvalue weighted by Crippen LogP contribution is 2.50. The molecule has 0 radical (unpaired) electrons. The van der Waals surface area contributed by atoms with Gasteiger partial charge in [0.1, 0.15) is 48.1 Å². The molecule has 4 aliphatic heterocycles. The fraction of sp³-hybridized carbons (Fsp3) is 0.379. The van der Waals surface area contributed by atoms with E-state index in [1.165, 1.54) is 0 Å². The number of hydrogen-bond acceptors (Lipinski definition) is 13. The monoisotopic (exact) mass is 966 g/mol. The minimum Gasteiger partial charge on any atom is -0.507 e. The Morgan fingerprint density at radius 2 is 1.07 bits per heavy atom. The minimum absolute atomic E-state index is 0.0868. The molecular formula is C58H62O13. The van der Waals surface area contributed by atoms with Gasteiger partial charge in [-0.2, -0.15) is 0 Å². The number of phenolic OH excluding ortho intramolecular Hbond substituents is 1. The van der Waals surface area contributed by atoms with Crippen LogP contribution in [0.4, 0.5) is 0 Å². The number of ether oxygens (including phenoxy) is 11. The summed E-state index contributed by atoms with van der Waals surface area (Å²) in [5.74, 6) is -4.15. The van der Waals surface area contributed by atoms with Gasteiger partial charge in [-0.15, -0.1) is 0 Å². The Morgan fingerprint density at radius 3 is 1.62 bits per heavy atom. The normalized spacial score (nSPS) is 28.7. The van der Waals surface area contributed by atoms with Crippen LogP contribution in [0.2, 0.25) is 0 Å². The van der Waals surface area contributed by atoms with Crippen LogP contribution in [0.3, 0.4) is 0 Å². The lowest BCUT2D eigenvalue weighted by molar-refractivity contribution is -0.287. The van der Waals surface area contributed by atoms with Gasteiger partial charge in [0.25, 0.3) is 5.79 Å². The molecule has 4 heterocycles. The van der Waals surface area contributed by atoms with E-state index in [0.29, 0.717) is 23.3 Å². The third-order valence-corrected chi connectivity index (χ3v) is 13.2. The zero-order valence-electron chi connectivity index (χ0n) is 40.4. The van der Waals surface area contributed by atoms with E-state index in [1.807, 2.05) is 152 Å². The van der Waals surface area contributed by atoms with E-state index in [9.17, 15) is 10.2 Å². The molecule has 6 aromatic carbocycles. The van der Waals surface area contributed by atoms with Crippen molar-refractivity contribution in [3.63, 3.8) is 0 Å². The summed E-state index contributed by atoms with van der Waals surface area (Å²) in [7, 11) is 0. The molecular weight excluding hydrogens is 905 g/mol. The molecule has 0 unspecified atom stereocenters. The van der Waals surface area contributed by atoms with Crippen LogP contribution >= 0.6 is 0 Å². The second-order valence-corrected chi connectivity index (χ2v) is 19.4. The predicted molar refractivity (Wildman–Crippen MR) is 261 cm³/mol. The van der Waals surface area contributed by atoms with Crippen molar-refractivity contribution in [1.29, 1.82) is 0 Å². The van der Waals surface area contributed by atoms with E-state index < -0.39 is 72.5 Å². The predicted octanol–water partition coefficient (Wildman–Crippen LogP) is 9.57. The lowest BCUT2D eigenvalue weighted by Gasteiger charge is -2.46. The van der Waals surface area contributed by atoms with Gasteiger partial charge >= 0.3 is 0 Å². The molecule has 10 atom stereocenters. The summed E-state index contributed by atoms with van der Waals surface area (Å²) in [6.07, 6.45) is -8.24. The van der Waals surface area contributed by atoms with E-state index >= 15 is 0 Å². The Kier molecular flexibility index (Phi) is 14.7. The van der Waals surface area contributed by atoms with Crippen LogP contribution in [-0.2, 0) is 73.8 Å². The molecule has 2 N–H and O–H groups in total. The summed E-state index contributed by atoms with van der Waals surface area (Å²) in [4.78, 5) is 0. The summed E-state index contributed by atoms with van der Waals surface area (Å²) in [6, 6.07) is 52.5. The summed E-state index contributed by atoms with van der Waals surface area (Å²) < 4.78 is 72.9. The fourth-order valence-electron chi connectivity index (χ4n) is 9.82. The average Bonchev–Trinajstić information content (AvgIpc) is 4.00. The molecule has 0 spiro atoms. The van der Waals surface area contributed by atoms with Crippen molar-refractivity contribution in [2.24, 2.45) is 0 Å². The molecule has 10 rings (SSSR count). The quantitative estimate of drug-likeness (QED) is 0.0791. The molecule has 4 saturated heterocycles. The highest BCUT2D eigenvalue weighted by Gasteiger charge is 2.68. The Morgan fingerprint density at radius 1 is 0.549 bits per heavy atom.